The second kappa shape index (κ2) is 11.4. The van der Waals surface area contributed by atoms with Gasteiger partial charge < -0.3 is 19.5 Å². The fourth-order valence-electron chi connectivity index (χ4n) is 2.27. The molecule has 1 atom stereocenters. The molecule has 0 fully saturated rings. The number of nitrogens with zero attached hydrogens (tertiary/aromatic N) is 5. The van der Waals surface area contributed by atoms with Gasteiger partial charge in [0.25, 0.3) is 0 Å². The summed E-state index contributed by atoms with van der Waals surface area (Å²) in [6, 6.07) is 0. The van der Waals surface area contributed by atoms with Gasteiger partial charge in [-0.05, 0) is 20.3 Å². The lowest BCUT2D eigenvalue weighted by molar-refractivity contribution is 0.119. The molecule has 0 amide bonds. The van der Waals surface area contributed by atoms with Crippen molar-refractivity contribution < 1.29 is 9.26 Å². The Labute approximate surface area is 175 Å². The molecule has 0 aliphatic rings. The SMILES string of the molecule is CN=C(NCCCc1nc(C)no1)N(C)Cc1csc(C(C)OC)n1.I. The van der Waals surface area contributed by atoms with Crippen LogP contribution in [0.25, 0.3) is 0 Å². The Morgan fingerprint density at radius 1 is 1.46 bits per heavy atom. The minimum Gasteiger partial charge on any atom is -0.375 e. The van der Waals surface area contributed by atoms with Crippen molar-refractivity contribution in [3.05, 3.63) is 27.8 Å². The van der Waals surface area contributed by atoms with Crippen molar-refractivity contribution >= 4 is 41.3 Å². The molecular weight excluding hydrogens is 467 g/mol. The molecule has 0 spiro atoms. The minimum atomic E-state index is 0. The highest BCUT2D eigenvalue weighted by Gasteiger charge is 2.12. The highest BCUT2D eigenvalue weighted by Crippen LogP contribution is 2.20. The van der Waals surface area contributed by atoms with Gasteiger partial charge in [0.15, 0.2) is 11.8 Å². The number of aryl methyl sites for hydroxylation is 2. The van der Waals surface area contributed by atoms with E-state index in [-0.39, 0.29) is 30.1 Å². The van der Waals surface area contributed by atoms with Crippen LogP contribution in [0.4, 0.5) is 0 Å². The molecule has 2 aromatic rings. The number of aliphatic imine (C=N–C) groups is 1. The first-order valence-corrected chi connectivity index (χ1v) is 9.09. The summed E-state index contributed by atoms with van der Waals surface area (Å²) in [5.74, 6) is 2.17. The van der Waals surface area contributed by atoms with Gasteiger partial charge in [-0.25, -0.2) is 4.98 Å². The van der Waals surface area contributed by atoms with E-state index in [1.54, 1.807) is 25.5 Å². The van der Waals surface area contributed by atoms with Gasteiger partial charge in [-0.1, -0.05) is 5.16 Å². The molecule has 0 radical (unpaired) electrons. The smallest absolute Gasteiger partial charge is 0.226 e. The average molecular weight is 494 g/mol. The zero-order chi connectivity index (χ0) is 18.2. The Balaban J connectivity index is 0.00000338. The first-order chi connectivity index (χ1) is 12.0. The van der Waals surface area contributed by atoms with Crippen LogP contribution in [0, 0.1) is 6.92 Å². The van der Waals surface area contributed by atoms with Gasteiger partial charge in [0.2, 0.25) is 5.89 Å². The maximum atomic E-state index is 5.31. The third-order valence-electron chi connectivity index (χ3n) is 3.66. The molecule has 0 aliphatic carbocycles. The number of rotatable bonds is 8. The number of thiazole rings is 1. The number of guanidine groups is 1. The highest BCUT2D eigenvalue weighted by molar-refractivity contribution is 14.0. The number of hydrogen-bond acceptors (Lipinski definition) is 7. The van der Waals surface area contributed by atoms with Crippen LogP contribution in [0.3, 0.4) is 0 Å². The summed E-state index contributed by atoms with van der Waals surface area (Å²) in [5, 5.41) is 10.2. The van der Waals surface area contributed by atoms with Crippen LogP contribution >= 0.6 is 35.3 Å². The first kappa shape index (κ1) is 22.8. The Morgan fingerprint density at radius 3 is 2.85 bits per heavy atom. The predicted molar refractivity (Wildman–Crippen MR) is 113 cm³/mol. The quantitative estimate of drug-likeness (QED) is 0.261. The first-order valence-electron chi connectivity index (χ1n) is 8.21. The highest BCUT2D eigenvalue weighted by atomic mass is 127. The topological polar surface area (TPSA) is 88.7 Å². The van der Waals surface area contributed by atoms with Crippen molar-refractivity contribution in [2.75, 3.05) is 27.7 Å². The van der Waals surface area contributed by atoms with E-state index in [4.69, 9.17) is 9.26 Å². The number of hydrogen-bond donors (Lipinski definition) is 1. The molecule has 146 valence electrons. The van der Waals surface area contributed by atoms with E-state index >= 15 is 0 Å². The molecule has 0 saturated carbocycles. The van der Waals surface area contributed by atoms with Crippen LogP contribution < -0.4 is 5.32 Å². The molecular formula is C16H27IN6O2S. The van der Waals surface area contributed by atoms with Crippen molar-refractivity contribution in [3.8, 4) is 0 Å². The van der Waals surface area contributed by atoms with Gasteiger partial charge in [-0.2, -0.15) is 4.98 Å². The lowest BCUT2D eigenvalue weighted by Crippen LogP contribution is -2.39. The Morgan fingerprint density at radius 2 is 2.23 bits per heavy atom. The van der Waals surface area contributed by atoms with Crippen LogP contribution in [0.5, 0.6) is 0 Å². The van der Waals surface area contributed by atoms with Gasteiger partial charge in [-0.15, -0.1) is 35.3 Å². The van der Waals surface area contributed by atoms with Crippen molar-refractivity contribution in [1.29, 1.82) is 0 Å². The Kier molecular flexibility index (Phi) is 10.0. The summed E-state index contributed by atoms with van der Waals surface area (Å²) in [7, 11) is 5.47. The molecule has 2 rings (SSSR count). The molecule has 10 heteroatoms. The van der Waals surface area contributed by atoms with Crippen LogP contribution in [-0.4, -0.2) is 53.7 Å². The second-order valence-corrected chi connectivity index (χ2v) is 6.61. The van der Waals surface area contributed by atoms with Gasteiger partial charge in [0.1, 0.15) is 11.1 Å². The minimum absolute atomic E-state index is 0. The lowest BCUT2D eigenvalue weighted by atomic mass is 10.3. The summed E-state index contributed by atoms with van der Waals surface area (Å²) in [6.07, 6.45) is 1.66. The number of halogens is 1. The third-order valence-corrected chi connectivity index (χ3v) is 4.72. The van der Waals surface area contributed by atoms with E-state index < -0.39 is 0 Å². The van der Waals surface area contributed by atoms with Crippen LogP contribution in [0.2, 0.25) is 0 Å². The molecule has 26 heavy (non-hydrogen) atoms. The second-order valence-electron chi connectivity index (χ2n) is 5.72. The van der Waals surface area contributed by atoms with E-state index in [1.165, 1.54) is 0 Å². The summed E-state index contributed by atoms with van der Waals surface area (Å²) in [4.78, 5) is 15.2. The van der Waals surface area contributed by atoms with Crippen molar-refractivity contribution in [3.63, 3.8) is 0 Å². The molecule has 0 aliphatic heterocycles. The fourth-order valence-corrected chi connectivity index (χ4v) is 3.11. The largest absolute Gasteiger partial charge is 0.375 e. The molecule has 8 nitrogen and oxygen atoms in total. The van der Waals surface area contributed by atoms with Crippen molar-refractivity contribution in [2.24, 2.45) is 4.99 Å². The van der Waals surface area contributed by atoms with Crippen molar-refractivity contribution in [1.82, 2.24) is 25.3 Å². The number of methoxy groups -OCH3 is 1. The number of aromatic nitrogens is 3. The van der Waals surface area contributed by atoms with E-state index in [1.807, 2.05) is 25.8 Å². The number of ether oxygens (including phenoxy) is 1. The van der Waals surface area contributed by atoms with Gasteiger partial charge in [0, 0.05) is 39.6 Å². The third kappa shape index (κ3) is 6.80. The van der Waals surface area contributed by atoms with E-state index in [0.717, 1.165) is 36.0 Å². The molecule has 2 heterocycles. The summed E-state index contributed by atoms with van der Waals surface area (Å²) in [6.45, 7) is 5.29. The zero-order valence-corrected chi connectivity index (χ0v) is 19.0. The van der Waals surface area contributed by atoms with E-state index in [0.29, 0.717) is 18.3 Å². The normalized spacial score (nSPS) is 12.6. The molecule has 2 aromatic heterocycles. The molecule has 1 N–H and O–H groups in total. The van der Waals surface area contributed by atoms with Crippen LogP contribution in [0.1, 0.15) is 41.9 Å². The fraction of sp³-hybridized carbons (Fsp3) is 0.625. The van der Waals surface area contributed by atoms with Gasteiger partial charge >= 0.3 is 0 Å². The van der Waals surface area contributed by atoms with Gasteiger partial charge in [-0.3, -0.25) is 4.99 Å². The van der Waals surface area contributed by atoms with Crippen LogP contribution in [0.15, 0.2) is 14.9 Å². The number of nitrogens with one attached hydrogen (secondary N) is 1. The standard InChI is InChI=1S/C16H26N6O2S.HI/c1-11(23-5)15-20-13(10-25-15)9-22(4)16(17-3)18-8-6-7-14-19-12(2)21-24-14;/h10-11H,6-9H2,1-5H3,(H,17,18);1H. The van der Waals surface area contributed by atoms with E-state index in [9.17, 15) is 0 Å². The molecule has 1 unspecified atom stereocenters. The molecule has 0 aromatic carbocycles. The maximum absolute atomic E-state index is 5.31. The lowest BCUT2D eigenvalue weighted by Gasteiger charge is -2.21. The monoisotopic (exact) mass is 494 g/mol. The average Bonchev–Trinajstić information content (AvgIpc) is 3.23. The van der Waals surface area contributed by atoms with E-state index in [2.05, 4.69) is 30.8 Å². The Hall–Kier alpha value is -1.27. The van der Waals surface area contributed by atoms with Crippen LogP contribution in [-0.2, 0) is 17.7 Å². The summed E-state index contributed by atoms with van der Waals surface area (Å²) < 4.78 is 10.4. The molecule has 0 bridgehead atoms. The van der Waals surface area contributed by atoms with Crippen molar-refractivity contribution in [2.45, 2.75) is 39.3 Å². The van der Waals surface area contributed by atoms with Gasteiger partial charge in [0.05, 0.1) is 12.2 Å². The summed E-state index contributed by atoms with van der Waals surface area (Å²) >= 11 is 1.62. The molecule has 0 saturated heterocycles. The maximum Gasteiger partial charge on any atom is 0.226 e. The predicted octanol–water partition coefficient (Wildman–Crippen LogP) is 2.80. The Bertz CT molecular complexity index is 690. The summed E-state index contributed by atoms with van der Waals surface area (Å²) in [5.41, 5.74) is 1.01. The zero-order valence-electron chi connectivity index (χ0n) is 15.9.